The van der Waals surface area contributed by atoms with Gasteiger partial charge in [0.25, 0.3) is 0 Å². The Morgan fingerprint density at radius 3 is 2.43 bits per heavy atom. The van der Waals surface area contributed by atoms with Gasteiger partial charge in [-0.25, -0.2) is 8.57 Å². The number of rotatable bonds is 5. The van der Waals surface area contributed by atoms with E-state index in [0.717, 1.165) is 12.5 Å². The number of halogens is 3. The number of nitrogens with zero attached hydrogens (tertiary/aromatic N) is 1. The molecule has 0 aliphatic rings. The Labute approximate surface area is 123 Å². The van der Waals surface area contributed by atoms with E-state index in [2.05, 4.69) is 4.36 Å². The molecule has 1 atom stereocenters. The fourth-order valence-corrected chi connectivity index (χ4v) is 2.76. The van der Waals surface area contributed by atoms with Crippen molar-refractivity contribution in [3.63, 3.8) is 0 Å². The van der Waals surface area contributed by atoms with Crippen LogP contribution in [0.4, 0.5) is 13.2 Å². The highest BCUT2D eigenvalue weighted by molar-refractivity contribution is 7.93. The molecule has 0 aromatic heterocycles. The zero-order valence-corrected chi connectivity index (χ0v) is 13.3. The van der Waals surface area contributed by atoms with Gasteiger partial charge in [0, 0.05) is 13.3 Å². The van der Waals surface area contributed by atoms with E-state index >= 15 is 0 Å². The van der Waals surface area contributed by atoms with E-state index in [9.17, 15) is 17.4 Å². The van der Waals surface area contributed by atoms with Crippen molar-refractivity contribution < 1.29 is 22.1 Å². The lowest BCUT2D eigenvalue weighted by Crippen LogP contribution is -2.13. The summed E-state index contributed by atoms with van der Waals surface area (Å²) in [5.41, 5.74) is -0.956. The molecule has 3 nitrogen and oxygen atoms in total. The fraction of sp³-hybridized carbons (Fsp3) is 0.571. The Balaban J connectivity index is 3.18. The first-order chi connectivity index (χ1) is 9.58. The second-order valence-corrected chi connectivity index (χ2v) is 7.58. The molecule has 0 heterocycles. The Hall–Kier alpha value is -1.24. The molecule has 0 saturated carbocycles. The molecular weight excluding hydrogens is 303 g/mol. The van der Waals surface area contributed by atoms with Crippen molar-refractivity contribution in [1.82, 2.24) is 0 Å². The van der Waals surface area contributed by atoms with Crippen molar-refractivity contribution >= 4 is 9.73 Å². The van der Waals surface area contributed by atoms with Crippen LogP contribution in [0.3, 0.4) is 0 Å². The molecule has 0 bridgehead atoms. The predicted octanol–water partition coefficient (Wildman–Crippen LogP) is 4.22. The van der Waals surface area contributed by atoms with E-state index in [-0.39, 0.29) is 10.6 Å². The smallest absolute Gasteiger partial charge is 0.417 e. The Bertz CT molecular complexity index is 603. The second kappa shape index (κ2) is 6.68. The van der Waals surface area contributed by atoms with Crippen LogP contribution in [-0.2, 0) is 15.9 Å². The van der Waals surface area contributed by atoms with Gasteiger partial charge in [0.15, 0.2) is 0 Å². The summed E-state index contributed by atoms with van der Waals surface area (Å²) in [6.45, 7) is 4.35. The number of benzene rings is 1. The van der Waals surface area contributed by atoms with Crippen molar-refractivity contribution in [3.05, 3.63) is 23.8 Å². The summed E-state index contributed by atoms with van der Waals surface area (Å²) < 4.78 is 60.4. The minimum absolute atomic E-state index is 0.123. The first kappa shape index (κ1) is 17.8. The largest absolute Gasteiger partial charge is 0.494 e. The number of ether oxygens (including phenoxy) is 1. The first-order valence-electron chi connectivity index (χ1n) is 6.52. The van der Waals surface area contributed by atoms with Gasteiger partial charge in [-0.3, -0.25) is 0 Å². The summed E-state index contributed by atoms with van der Waals surface area (Å²) in [6, 6.07) is 3.48. The van der Waals surface area contributed by atoms with Crippen LogP contribution in [0.1, 0.15) is 25.8 Å². The molecule has 1 rings (SSSR count). The third-order valence-electron chi connectivity index (χ3n) is 2.98. The minimum atomic E-state index is -4.60. The van der Waals surface area contributed by atoms with E-state index in [1.165, 1.54) is 25.4 Å². The molecule has 0 fully saturated rings. The molecule has 7 heteroatoms. The quantitative estimate of drug-likeness (QED) is 0.814. The van der Waals surface area contributed by atoms with E-state index in [0.29, 0.717) is 12.5 Å². The van der Waals surface area contributed by atoms with Crippen LogP contribution in [0, 0.1) is 5.92 Å². The summed E-state index contributed by atoms with van der Waals surface area (Å²) >= 11 is 0. The van der Waals surface area contributed by atoms with E-state index in [4.69, 9.17) is 4.74 Å². The van der Waals surface area contributed by atoms with Gasteiger partial charge < -0.3 is 4.74 Å². The molecule has 0 radical (unpaired) electrons. The summed E-state index contributed by atoms with van der Waals surface area (Å²) in [6.07, 6.45) is -2.66. The average Bonchev–Trinajstić information content (AvgIpc) is 2.37. The zero-order chi connectivity index (χ0) is 16.3. The highest BCUT2D eigenvalue weighted by Gasteiger charge is 2.36. The maximum absolute atomic E-state index is 13.1. The van der Waals surface area contributed by atoms with Crippen molar-refractivity contribution in [2.75, 3.05) is 19.9 Å². The van der Waals surface area contributed by atoms with Gasteiger partial charge in [-0.05, 0) is 30.5 Å². The third-order valence-corrected chi connectivity index (χ3v) is 4.85. The molecule has 120 valence electrons. The monoisotopic (exact) mass is 323 g/mol. The molecule has 21 heavy (non-hydrogen) atoms. The average molecular weight is 323 g/mol. The van der Waals surface area contributed by atoms with Crippen molar-refractivity contribution in [1.29, 1.82) is 0 Å². The summed E-state index contributed by atoms with van der Waals surface area (Å²) in [4.78, 5) is -0.311. The first-order valence-corrected chi connectivity index (χ1v) is 8.44. The zero-order valence-electron chi connectivity index (χ0n) is 12.5. The highest BCUT2D eigenvalue weighted by Crippen LogP contribution is 2.37. The summed E-state index contributed by atoms with van der Waals surface area (Å²) in [5, 5.41) is 0. The molecule has 0 N–H and O–H groups in total. The van der Waals surface area contributed by atoms with Crippen LogP contribution >= 0.6 is 0 Å². The molecule has 0 aliphatic carbocycles. The topological polar surface area (TPSA) is 38.7 Å². The van der Waals surface area contributed by atoms with Gasteiger partial charge in [0.2, 0.25) is 0 Å². The molecule has 1 unspecified atom stereocenters. The van der Waals surface area contributed by atoms with E-state index < -0.39 is 21.5 Å². The van der Waals surface area contributed by atoms with Crippen LogP contribution < -0.4 is 4.74 Å². The number of hydrogen-bond donors (Lipinski definition) is 0. The van der Waals surface area contributed by atoms with Crippen LogP contribution in [0.2, 0.25) is 0 Å². The maximum atomic E-state index is 13.1. The summed E-state index contributed by atoms with van der Waals surface area (Å²) in [7, 11) is -1.82. The molecule has 0 aliphatic heterocycles. The Morgan fingerprint density at radius 2 is 1.95 bits per heavy atom. The van der Waals surface area contributed by atoms with Crippen LogP contribution in [0.5, 0.6) is 5.75 Å². The maximum Gasteiger partial charge on any atom is 0.417 e. The predicted molar refractivity (Wildman–Crippen MR) is 77.1 cm³/mol. The van der Waals surface area contributed by atoms with Crippen LogP contribution in [-0.4, -0.2) is 24.1 Å². The van der Waals surface area contributed by atoms with Crippen molar-refractivity contribution in [2.24, 2.45) is 10.3 Å². The highest BCUT2D eigenvalue weighted by atomic mass is 32.2. The SMILES string of the molecule is CN=S(C)(=O)c1ccc(OCCC(C)C)cc1C(F)(F)F. The fourth-order valence-electron chi connectivity index (χ4n) is 1.66. The molecule has 0 saturated heterocycles. The van der Waals surface area contributed by atoms with Gasteiger partial charge in [-0.2, -0.15) is 13.2 Å². The molecule has 0 amide bonds. The Morgan fingerprint density at radius 1 is 1.33 bits per heavy atom. The lowest BCUT2D eigenvalue weighted by Gasteiger charge is -2.16. The summed E-state index contributed by atoms with van der Waals surface area (Å²) in [5.74, 6) is 0.526. The molecule has 1 aromatic carbocycles. The van der Waals surface area contributed by atoms with Crippen molar-refractivity contribution in [2.45, 2.75) is 31.3 Å². The standard InChI is InChI=1S/C14H20F3NO2S/c1-10(2)7-8-20-11-5-6-13(21(4,19)18-3)12(9-11)14(15,16)17/h5-6,9-10H,7-8H2,1-4H3. The molecule has 0 spiro atoms. The molecular formula is C14H20F3NO2S. The van der Waals surface area contributed by atoms with Gasteiger partial charge in [-0.15, -0.1) is 0 Å². The van der Waals surface area contributed by atoms with Crippen molar-refractivity contribution in [3.8, 4) is 5.75 Å². The van der Waals surface area contributed by atoms with Gasteiger partial charge in [0.1, 0.15) is 5.75 Å². The Kier molecular flexibility index (Phi) is 5.67. The number of hydrogen-bond acceptors (Lipinski definition) is 3. The molecule has 1 aromatic rings. The third kappa shape index (κ3) is 4.91. The van der Waals surface area contributed by atoms with E-state index in [1.54, 1.807) is 0 Å². The van der Waals surface area contributed by atoms with Crippen LogP contribution in [0.15, 0.2) is 27.5 Å². The van der Waals surface area contributed by atoms with Gasteiger partial charge in [0.05, 0.1) is 26.8 Å². The van der Waals surface area contributed by atoms with Crippen LogP contribution in [0.25, 0.3) is 0 Å². The number of alkyl halides is 3. The lowest BCUT2D eigenvalue weighted by molar-refractivity contribution is -0.139. The van der Waals surface area contributed by atoms with Gasteiger partial charge in [-0.1, -0.05) is 13.8 Å². The second-order valence-electron chi connectivity index (χ2n) is 5.17. The minimum Gasteiger partial charge on any atom is -0.494 e. The van der Waals surface area contributed by atoms with Gasteiger partial charge >= 0.3 is 6.18 Å². The normalized spacial score (nSPS) is 14.9. The lowest BCUT2D eigenvalue weighted by atomic mass is 10.1. The van der Waals surface area contributed by atoms with E-state index in [1.807, 2.05) is 13.8 Å².